The van der Waals surface area contributed by atoms with E-state index in [2.05, 4.69) is 187 Å². The van der Waals surface area contributed by atoms with Crippen molar-refractivity contribution in [3.63, 3.8) is 0 Å². The molecule has 0 spiro atoms. The van der Waals surface area contributed by atoms with Gasteiger partial charge in [0.05, 0.1) is 33.5 Å². The molecule has 6 aromatic carbocycles. The zero-order valence-electron chi connectivity index (χ0n) is 38.8. The fourth-order valence-electron chi connectivity index (χ4n) is 9.89. The van der Waals surface area contributed by atoms with E-state index in [1.165, 1.54) is 49.3 Å². The normalized spacial score (nSPS) is 14.1. The maximum atomic E-state index is 6.53. The summed E-state index contributed by atoms with van der Waals surface area (Å²) >= 11 is 0. The van der Waals surface area contributed by atoms with Crippen molar-refractivity contribution >= 4 is 72.9 Å². The molecular weight excluding hydrogens is 817 g/mol. The average molecular weight is 871 g/mol. The molecular formula is C61H54N6. The number of aliphatic imine (C=N–C) groups is 1. The third kappa shape index (κ3) is 7.70. The Bertz CT molecular complexity index is 3610. The van der Waals surface area contributed by atoms with Crippen LogP contribution in [0.25, 0.3) is 100 Å². The predicted octanol–water partition coefficient (Wildman–Crippen LogP) is 14.6. The van der Waals surface area contributed by atoms with Gasteiger partial charge in [-0.15, -0.1) is 0 Å². The van der Waals surface area contributed by atoms with Gasteiger partial charge in [-0.3, -0.25) is 9.98 Å². The van der Waals surface area contributed by atoms with Gasteiger partial charge < -0.3 is 20.6 Å². The van der Waals surface area contributed by atoms with E-state index in [0.717, 1.165) is 91.0 Å². The number of nitrogens with zero attached hydrogens (tertiary/aromatic N) is 4. The van der Waals surface area contributed by atoms with Gasteiger partial charge in [-0.05, 0) is 163 Å². The highest BCUT2D eigenvalue weighted by molar-refractivity contribution is 6.15. The Kier molecular flexibility index (Phi) is 11.5. The summed E-state index contributed by atoms with van der Waals surface area (Å²) < 4.78 is 4.76. The fourth-order valence-corrected chi connectivity index (χ4v) is 9.89. The first kappa shape index (κ1) is 42.7. The van der Waals surface area contributed by atoms with Crippen LogP contribution in [-0.4, -0.2) is 27.4 Å². The number of allylic oxidation sites excluding steroid dienone is 9. The molecule has 0 aliphatic heterocycles. The van der Waals surface area contributed by atoms with Crippen molar-refractivity contribution < 1.29 is 0 Å². The summed E-state index contributed by atoms with van der Waals surface area (Å²) in [5.74, 6) is 0. The van der Waals surface area contributed by atoms with Gasteiger partial charge in [0.15, 0.2) is 0 Å². The minimum Gasteiger partial charge on any atom is -0.405 e. The molecule has 0 fully saturated rings. The molecule has 4 N–H and O–H groups in total. The van der Waals surface area contributed by atoms with Crippen LogP contribution in [0.2, 0.25) is 0 Å². The number of benzene rings is 6. The molecule has 1 aliphatic carbocycles. The third-order valence-electron chi connectivity index (χ3n) is 13.6. The van der Waals surface area contributed by atoms with Gasteiger partial charge in [0.1, 0.15) is 0 Å². The predicted molar refractivity (Wildman–Crippen MR) is 288 cm³/mol. The molecule has 0 radical (unpaired) electrons. The highest BCUT2D eigenvalue weighted by Gasteiger charge is 2.25. The van der Waals surface area contributed by atoms with Gasteiger partial charge in [0.2, 0.25) is 0 Å². The molecule has 0 saturated heterocycles. The lowest BCUT2D eigenvalue weighted by atomic mass is 9.84. The maximum absolute atomic E-state index is 6.53. The van der Waals surface area contributed by atoms with Crippen molar-refractivity contribution in [2.75, 3.05) is 7.05 Å². The first-order valence-corrected chi connectivity index (χ1v) is 23.0. The van der Waals surface area contributed by atoms with E-state index >= 15 is 0 Å². The SMILES string of the molecule is C/C=C(C)\C(=C/N)n1c2ccc(-c3ccc(-c4ccccc4)cn3)cc2c2cc3c(cc21)-c1cc2c(cc1CC3)c1cc(/C=C/C=C(\C=NC)c3ccccc3)ccc1n2/C(C)=C(C)/C=C\N. The molecule has 6 nitrogen and oxygen atoms in total. The van der Waals surface area contributed by atoms with Crippen LogP contribution in [0.15, 0.2) is 192 Å². The minimum absolute atomic E-state index is 0.939. The van der Waals surface area contributed by atoms with Crippen LogP contribution in [0.3, 0.4) is 0 Å². The Labute approximate surface area is 392 Å². The maximum Gasteiger partial charge on any atom is 0.0702 e. The van der Waals surface area contributed by atoms with Crippen molar-refractivity contribution in [2.24, 2.45) is 16.5 Å². The summed E-state index contributed by atoms with van der Waals surface area (Å²) in [5, 5.41) is 4.83. The Morgan fingerprint density at radius 2 is 1.27 bits per heavy atom. The first-order chi connectivity index (χ1) is 32.8. The zero-order valence-corrected chi connectivity index (χ0v) is 38.8. The summed E-state index contributed by atoms with van der Waals surface area (Å²) in [6, 6.07) is 48.3. The number of nitrogens with two attached hydrogens (primary N) is 2. The Balaban J connectivity index is 1.14. The number of rotatable bonds is 10. The van der Waals surface area contributed by atoms with Crippen LogP contribution >= 0.6 is 0 Å². The van der Waals surface area contributed by atoms with E-state index in [-0.39, 0.29) is 0 Å². The second-order valence-electron chi connectivity index (χ2n) is 17.4. The van der Waals surface area contributed by atoms with Crippen molar-refractivity contribution in [1.82, 2.24) is 14.1 Å². The number of hydrogen-bond acceptors (Lipinski definition) is 4. The molecule has 3 aromatic heterocycles. The standard InChI is InChI=1S/C61H54N6/c1-6-39(2)61(36-63)67-58-27-24-47(56-25-23-49(38-65-56)44-17-11-8-12-18-44)33-53(58)55-32-46-22-21-45-31-54-52-30-42(14-13-19-48(37-64-5)43-15-9-7-10-16-43)20-26-57(52)66(41(4)40(3)28-29-62)59(54)34-50(45)51(46)35-60(55)67/h6-20,23-38H,21-22,62-63H2,1-5H3/b14-13+,29-28-,39-6-,41-40+,48-19+,61-36+,64-37?. The molecule has 9 aromatic rings. The molecule has 3 heterocycles. The van der Waals surface area contributed by atoms with Crippen LogP contribution in [0.5, 0.6) is 0 Å². The van der Waals surface area contributed by atoms with Gasteiger partial charge in [0.25, 0.3) is 0 Å². The van der Waals surface area contributed by atoms with Crippen molar-refractivity contribution in [3.8, 4) is 33.5 Å². The highest BCUT2D eigenvalue weighted by Crippen LogP contribution is 2.45. The number of pyridine rings is 1. The third-order valence-corrected chi connectivity index (χ3v) is 13.6. The summed E-state index contributed by atoms with van der Waals surface area (Å²) in [4.78, 5) is 9.28. The quantitative estimate of drug-likeness (QED) is 0.106. The zero-order chi connectivity index (χ0) is 46.2. The van der Waals surface area contributed by atoms with Gasteiger partial charge in [0, 0.05) is 64.0 Å². The van der Waals surface area contributed by atoms with Gasteiger partial charge in [-0.1, -0.05) is 103 Å². The molecule has 0 bridgehead atoms. The van der Waals surface area contributed by atoms with Gasteiger partial charge in [-0.25, -0.2) is 0 Å². The Hall–Kier alpha value is -8.22. The molecule has 0 amide bonds. The molecule has 328 valence electrons. The molecule has 0 saturated carbocycles. The van der Waals surface area contributed by atoms with Crippen LogP contribution in [-0.2, 0) is 12.8 Å². The van der Waals surface area contributed by atoms with Crippen molar-refractivity contribution in [3.05, 3.63) is 210 Å². The molecule has 0 unspecified atom stereocenters. The van der Waals surface area contributed by atoms with E-state index in [0.29, 0.717) is 0 Å². The molecule has 10 rings (SSSR count). The number of fused-ring (bicyclic) bond motifs is 9. The summed E-state index contributed by atoms with van der Waals surface area (Å²) in [6.07, 6.45) is 19.7. The van der Waals surface area contributed by atoms with E-state index in [1.54, 1.807) is 12.4 Å². The van der Waals surface area contributed by atoms with E-state index in [9.17, 15) is 0 Å². The smallest absolute Gasteiger partial charge is 0.0702 e. The fraction of sp³-hybridized carbons (Fsp3) is 0.115. The summed E-state index contributed by atoms with van der Waals surface area (Å²) in [7, 11) is 1.81. The minimum atomic E-state index is 0.939. The molecule has 67 heavy (non-hydrogen) atoms. The monoisotopic (exact) mass is 870 g/mol. The Morgan fingerprint density at radius 3 is 1.91 bits per heavy atom. The molecule has 0 atom stereocenters. The van der Waals surface area contributed by atoms with Crippen LogP contribution in [0, 0.1) is 0 Å². The van der Waals surface area contributed by atoms with Gasteiger partial charge >= 0.3 is 0 Å². The number of aromatic nitrogens is 3. The highest BCUT2D eigenvalue weighted by atomic mass is 15.0. The topological polar surface area (TPSA) is 87.2 Å². The average Bonchev–Trinajstić information content (AvgIpc) is 3.85. The second kappa shape index (κ2) is 18.0. The summed E-state index contributed by atoms with van der Waals surface area (Å²) in [5.41, 5.74) is 34.2. The van der Waals surface area contributed by atoms with Crippen LogP contribution < -0.4 is 11.5 Å². The van der Waals surface area contributed by atoms with E-state index in [4.69, 9.17) is 16.5 Å². The van der Waals surface area contributed by atoms with Crippen LogP contribution in [0.4, 0.5) is 0 Å². The van der Waals surface area contributed by atoms with E-state index < -0.39 is 0 Å². The summed E-state index contributed by atoms with van der Waals surface area (Å²) in [6.45, 7) is 8.52. The lowest BCUT2D eigenvalue weighted by Crippen LogP contribution is -2.06. The first-order valence-electron chi connectivity index (χ1n) is 23.0. The van der Waals surface area contributed by atoms with Gasteiger partial charge in [-0.2, -0.15) is 0 Å². The lowest BCUT2D eigenvalue weighted by Gasteiger charge is -2.22. The number of hydrogen-bond donors (Lipinski definition) is 2. The lowest BCUT2D eigenvalue weighted by molar-refractivity contribution is 0.946. The van der Waals surface area contributed by atoms with E-state index in [1.807, 2.05) is 37.7 Å². The number of aryl methyl sites for hydroxylation is 2. The molecule has 6 heteroatoms. The molecule has 1 aliphatic rings. The Morgan fingerprint density at radius 1 is 0.642 bits per heavy atom. The van der Waals surface area contributed by atoms with Crippen LogP contribution in [0.1, 0.15) is 49.9 Å². The van der Waals surface area contributed by atoms with Crippen molar-refractivity contribution in [2.45, 2.75) is 40.5 Å². The van der Waals surface area contributed by atoms with Crippen molar-refractivity contribution in [1.29, 1.82) is 0 Å². The second-order valence-corrected chi connectivity index (χ2v) is 17.4. The largest absolute Gasteiger partial charge is 0.405 e.